The third-order valence-corrected chi connectivity index (χ3v) is 8.34. The van der Waals surface area contributed by atoms with Gasteiger partial charge in [0.1, 0.15) is 0 Å². The molecule has 0 aliphatic carbocycles. The second-order valence-electron chi connectivity index (χ2n) is 12.5. The van der Waals surface area contributed by atoms with Crippen molar-refractivity contribution in [2.24, 2.45) is 0 Å². The molecule has 4 rings (SSSR count). The summed E-state index contributed by atoms with van der Waals surface area (Å²) in [6.45, 7) is 22.0. The molecule has 0 heterocycles. The molecule has 0 aliphatic rings. The van der Waals surface area contributed by atoms with Crippen molar-refractivity contribution in [3.05, 3.63) is 193 Å². The first kappa shape index (κ1) is 41.4. The van der Waals surface area contributed by atoms with Gasteiger partial charge in [-0.15, -0.1) is 0 Å². The Morgan fingerprint density at radius 3 is 1.96 bits per heavy atom. The lowest BCUT2D eigenvalue weighted by Gasteiger charge is -2.29. The van der Waals surface area contributed by atoms with Crippen LogP contribution in [0, 0.1) is 0 Å². The summed E-state index contributed by atoms with van der Waals surface area (Å²) in [5.74, 6) is 0. The van der Waals surface area contributed by atoms with Gasteiger partial charge in [-0.1, -0.05) is 182 Å². The number of anilines is 2. The molecule has 0 saturated heterocycles. The average molecular weight is 683 g/mol. The predicted octanol–water partition coefficient (Wildman–Crippen LogP) is 13.4. The first-order chi connectivity index (χ1) is 24.1. The molecule has 2 nitrogen and oxygen atoms in total. The SMILES string of the molecule is C=C/C=C\C=C/CNc1ccccc1C(C)(C)c1cccc(-c2cccc(C(C)(C)C(=C)/C=C\C=C/Nc3ccccc3)c2)c1.CC.CSC. The fourth-order valence-corrected chi connectivity index (χ4v) is 5.27. The van der Waals surface area contributed by atoms with Crippen LogP contribution in [0.5, 0.6) is 0 Å². The Hall–Kier alpha value is -4.73. The van der Waals surface area contributed by atoms with Gasteiger partial charge in [0, 0.05) is 34.9 Å². The lowest BCUT2D eigenvalue weighted by atomic mass is 9.75. The molecular formula is C47H58N2S. The third kappa shape index (κ3) is 12.6. The fraction of sp³-hybridized carbons (Fsp3) is 0.234. The van der Waals surface area contributed by atoms with Crippen molar-refractivity contribution in [3.8, 4) is 11.1 Å². The van der Waals surface area contributed by atoms with Crippen LogP contribution in [-0.2, 0) is 10.8 Å². The van der Waals surface area contributed by atoms with Crippen LogP contribution in [0.2, 0.25) is 0 Å². The molecule has 3 heteroatoms. The highest BCUT2D eigenvalue weighted by Crippen LogP contribution is 2.39. The van der Waals surface area contributed by atoms with Crippen LogP contribution in [0.4, 0.5) is 11.4 Å². The first-order valence-electron chi connectivity index (χ1n) is 17.4. The minimum absolute atomic E-state index is 0.203. The lowest BCUT2D eigenvalue weighted by molar-refractivity contribution is 0.641. The second-order valence-corrected chi connectivity index (χ2v) is 13.4. The Morgan fingerprint density at radius 1 is 0.700 bits per heavy atom. The number of allylic oxidation sites excluding steroid dienone is 8. The fourth-order valence-electron chi connectivity index (χ4n) is 5.27. The Balaban J connectivity index is 0.00000164. The van der Waals surface area contributed by atoms with Crippen LogP contribution in [-0.4, -0.2) is 19.1 Å². The van der Waals surface area contributed by atoms with E-state index in [0.29, 0.717) is 0 Å². The Labute approximate surface area is 308 Å². The van der Waals surface area contributed by atoms with Gasteiger partial charge in [0.25, 0.3) is 0 Å². The molecule has 0 fully saturated rings. The molecule has 0 radical (unpaired) electrons. The van der Waals surface area contributed by atoms with Crippen LogP contribution in [0.25, 0.3) is 11.1 Å². The maximum Gasteiger partial charge on any atom is 0.0384 e. The van der Waals surface area contributed by atoms with E-state index in [4.69, 9.17) is 0 Å². The van der Waals surface area contributed by atoms with Crippen LogP contribution in [0.1, 0.15) is 58.2 Å². The molecule has 50 heavy (non-hydrogen) atoms. The van der Waals surface area contributed by atoms with Crippen molar-refractivity contribution >= 4 is 23.1 Å². The highest BCUT2D eigenvalue weighted by molar-refractivity contribution is 7.97. The molecular weight excluding hydrogens is 625 g/mol. The highest BCUT2D eigenvalue weighted by atomic mass is 32.2. The van der Waals surface area contributed by atoms with E-state index in [0.717, 1.165) is 23.5 Å². The molecule has 2 N–H and O–H groups in total. The minimum Gasteiger partial charge on any atom is -0.381 e. The summed E-state index contributed by atoms with van der Waals surface area (Å²) >= 11 is 1.75. The minimum atomic E-state index is -0.232. The normalized spacial score (nSPS) is 11.6. The smallest absolute Gasteiger partial charge is 0.0384 e. The Morgan fingerprint density at radius 2 is 1.30 bits per heavy atom. The van der Waals surface area contributed by atoms with Gasteiger partial charge in [0.05, 0.1) is 0 Å². The van der Waals surface area contributed by atoms with Crippen molar-refractivity contribution in [2.45, 2.75) is 52.4 Å². The standard InChI is InChI=1S/C43H46N2.C2H6S.C2H6/c1-7-8-9-10-17-31-45-41-29-15-14-28-40(41)43(5,6)38-25-20-23-36(33-38)35-22-19-24-37(32-35)42(3,4)34(2)21-16-18-30-44-39-26-12-11-13-27-39;1-3-2;1-2/h7-30,32-33,44-45H,1-2,31H2,3-6H3;1-2H3;1-2H3/b9-8-,17-10-,21-16-,30-18-;;. The maximum atomic E-state index is 4.43. The molecule has 0 unspecified atom stereocenters. The predicted molar refractivity (Wildman–Crippen MR) is 229 cm³/mol. The molecule has 0 atom stereocenters. The molecule has 0 aromatic heterocycles. The zero-order valence-corrected chi connectivity index (χ0v) is 32.4. The van der Waals surface area contributed by atoms with Crippen molar-refractivity contribution < 1.29 is 0 Å². The second kappa shape index (κ2) is 22.1. The summed E-state index contributed by atoms with van der Waals surface area (Å²) in [5, 5.41) is 6.90. The largest absolute Gasteiger partial charge is 0.381 e. The van der Waals surface area contributed by atoms with E-state index in [1.807, 2.05) is 93.3 Å². The highest BCUT2D eigenvalue weighted by Gasteiger charge is 2.27. The summed E-state index contributed by atoms with van der Waals surface area (Å²) in [6, 6.07) is 36.5. The molecule has 0 aliphatic heterocycles. The Kier molecular flexibility index (Phi) is 18.3. The number of rotatable bonds is 14. The van der Waals surface area contributed by atoms with E-state index in [9.17, 15) is 0 Å². The topological polar surface area (TPSA) is 24.1 Å². The molecule has 4 aromatic carbocycles. The van der Waals surface area contributed by atoms with E-state index >= 15 is 0 Å². The summed E-state index contributed by atoms with van der Waals surface area (Å²) in [6.07, 6.45) is 22.0. The van der Waals surface area contributed by atoms with E-state index in [1.54, 1.807) is 17.8 Å². The molecule has 262 valence electrons. The van der Waals surface area contributed by atoms with Crippen LogP contribution in [0.15, 0.2) is 177 Å². The van der Waals surface area contributed by atoms with Crippen LogP contribution >= 0.6 is 11.8 Å². The van der Waals surface area contributed by atoms with Crippen molar-refractivity contribution in [3.63, 3.8) is 0 Å². The van der Waals surface area contributed by atoms with Gasteiger partial charge < -0.3 is 10.6 Å². The molecule has 4 aromatic rings. The Bertz CT molecular complexity index is 1720. The monoisotopic (exact) mass is 682 g/mol. The van der Waals surface area contributed by atoms with E-state index in [2.05, 4.69) is 136 Å². The van der Waals surface area contributed by atoms with Gasteiger partial charge in [-0.25, -0.2) is 0 Å². The van der Waals surface area contributed by atoms with Gasteiger partial charge in [-0.3, -0.25) is 0 Å². The number of para-hydroxylation sites is 2. The van der Waals surface area contributed by atoms with E-state index in [-0.39, 0.29) is 10.8 Å². The van der Waals surface area contributed by atoms with Gasteiger partial charge in [-0.05, 0) is 70.2 Å². The number of hydrogen-bond acceptors (Lipinski definition) is 3. The molecule has 0 bridgehead atoms. The van der Waals surface area contributed by atoms with Crippen LogP contribution in [0.3, 0.4) is 0 Å². The summed E-state index contributed by atoms with van der Waals surface area (Å²) < 4.78 is 0. The summed E-state index contributed by atoms with van der Waals surface area (Å²) in [7, 11) is 0. The number of hydrogen-bond donors (Lipinski definition) is 2. The van der Waals surface area contributed by atoms with Gasteiger partial charge in [0.15, 0.2) is 0 Å². The van der Waals surface area contributed by atoms with E-state index < -0.39 is 0 Å². The zero-order chi connectivity index (χ0) is 36.8. The number of benzene rings is 4. The van der Waals surface area contributed by atoms with Crippen LogP contribution < -0.4 is 10.6 Å². The quantitative estimate of drug-likeness (QED) is 0.129. The van der Waals surface area contributed by atoms with Gasteiger partial charge in [0.2, 0.25) is 0 Å². The van der Waals surface area contributed by atoms with Gasteiger partial charge >= 0.3 is 0 Å². The van der Waals surface area contributed by atoms with Crippen molar-refractivity contribution in [1.82, 2.24) is 0 Å². The first-order valence-corrected chi connectivity index (χ1v) is 19.0. The van der Waals surface area contributed by atoms with E-state index in [1.165, 1.54) is 27.8 Å². The number of thioether (sulfide) groups is 1. The summed E-state index contributed by atoms with van der Waals surface area (Å²) in [5.41, 5.74) is 9.00. The maximum absolute atomic E-state index is 4.43. The molecule has 0 amide bonds. The van der Waals surface area contributed by atoms with Crippen molar-refractivity contribution in [1.29, 1.82) is 0 Å². The van der Waals surface area contributed by atoms with Crippen molar-refractivity contribution in [2.75, 3.05) is 29.7 Å². The number of nitrogens with one attached hydrogen (secondary N) is 2. The summed E-state index contributed by atoms with van der Waals surface area (Å²) in [4.78, 5) is 0. The lowest BCUT2D eigenvalue weighted by Crippen LogP contribution is -2.21. The zero-order valence-electron chi connectivity index (χ0n) is 31.5. The molecule has 0 saturated carbocycles. The third-order valence-electron chi connectivity index (χ3n) is 8.34. The van der Waals surface area contributed by atoms with Gasteiger partial charge in [-0.2, -0.15) is 11.8 Å². The average Bonchev–Trinajstić information content (AvgIpc) is 3.14. The molecule has 0 spiro atoms.